The topological polar surface area (TPSA) is 49.4 Å². The zero-order valence-electron chi connectivity index (χ0n) is 10.7. The lowest BCUT2D eigenvalue weighted by molar-refractivity contribution is -0.146. The van der Waals surface area contributed by atoms with Crippen molar-refractivity contribution in [2.24, 2.45) is 0 Å². The number of carbonyl (C=O) groups is 2. The Morgan fingerprint density at radius 2 is 2.33 bits per heavy atom. The molecule has 1 aliphatic rings. The highest BCUT2D eigenvalue weighted by atomic mass is 32.1. The van der Waals surface area contributed by atoms with Crippen molar-refractivity contribution in [3.05, 3.63) is 22.4 Å². The summed E-state index contributed by atoms with van der Waals surface area (Å²) in [7, 11) is 0. The molecular formula is C13H18N2O2S. The summed E-state index contributed by atoms with van der Waals surface area (Å²) in [4.78, 5) is 26.8. The van der Waals surface area contributed by atoms with E-state index < -0.39 is 0 Å². The molecule has 2 atom stereocenters. The van der Waals surface area contributed by atoms with Gasteiger partial charge in [0.15, 0.2) is 0 Å². The van der Waals surface area contributed by atoms with Crippen LogP contribution in [0.25, 0.3) is 0 Å². The summed E-state index contributed by atoms with van der Waals surface area (Å²) >= 11 is 1.62. The molecule has 0 bridgehead atoms. The Bertz CT molecular complexity index is 430. The molecular weight excluding hydrogens is 248 g/mol. The molecule has 4 nitrogen and oxygen atoms in total. The van der Waals surface area contributed by atoms with Gasteiger partial charge in [-0.1, -0.05) is 19.4 Å². The summed E-state index contributed by atoms with van der Waals surface area (Å²) in [5.41, 5.74) is 0. The molecule has 1 aromatic rings. The van der Waals surface area contributed by atoms with Crippen molar-refractivity contribution in [2.75, 3.05) is 6.54 Å². The van der Waals surface area contributed by atoms with Crippen LogP contribution in [-0.4, -0.2) is 29.3 Å². The first-order valence-corrected chi connectivity index (χ1v) is 7.14. The quantitative estimate of drug-likeness (QED) is 0.905. The minimum atomic E-state index is -0.348. The molecule has 1 aliphatic heterocycles. The summed E-state index contributed by atoms with van der Waals surface area (Å²) in [5, 5.41) is 4.76. The van der Waals surface area contributed by atoms with Crippen LogP contribution in [0.15, 0.2) is 17.5 Å². The fourth-order valence-electron chi connectivity index (χ4n) is 2.23. The van der Waals surface area contributed by atoms with Crippen LogP contribution in [0.2, 0.25) is 0 Å². The molecule has 0 spiro atoms. The molecule has 0 radical (unpaired) electrons. The monoisotopic (exact) mass is 266 g/mol. The number of piperazine rings is 1. The summed E-state index contributed by atoms with van der Waals surface area (Å²) in [5.74, 6) is -0.0196. The van der Waals surface area contributed by atoms with Crippen molar-refractivity contribution in [2.45, 2.75) is 38.8 Å². The van der Waals surface area contributed by atoms with Gasteiger partial charge in [0.05, 0.1) is 6.04 Å². The van der Waals surface area contributed by atoms with Gasteiger partial charge in [-0.2, -0.15) is 0 Å². The lowest BCUT2D eigenvalue weighted by atomic mass is 10.1. The predicted molar refractivity (Wildman–Crippen MR) is 71.3 cm³/mol. The highest BCUT2D eigenvalue weighted by Gasteiger charge is 2.35. The van der Waals surface area contributed by atoms with E-state index in [1.54, 1.807) is 16.2 Å². The Labute approximate surface area is 111 Å². The lowest BCUT2D eigenvalue weighted by Crippen LogP contribution is -2.58. The van der Waals surface area contributed by atoms with Gasteiger partial charge in [-0.05, 0) is 24.8 Å². The van der Waals surface area contributed by atoms with Crippen molar-refractivity contribution >= 4 is 23.2 Å². The third-order valence-corrected chi connectivity index (χ3v) is 4.27. The Morgan fingerprint density at radius 3 is 2.94 bits per heavy atom. The number of hydrogen-bond acceptors (Lipinski definition) is 3. The molecule has 0 aliphatic carbocycles. The average Bonchev–Trinajstić information content (AvgIpc) is 2.86. The van der Waals surface area contributed by atoms with Crippen LogP contribution in [-0.2, 0) is 9.59 Å². The van der Waals surface area contributed by atoms with Gasteiger partial charge in [0, 0.05) is 4.88 Å². The molecule has 2 heterocycles. The van der Waals surface area contributed by atoms with Crippen LogP contribution in [0.5, 0.6) is 0 Å². The minimum absolute atomic E-state index is 0.0251. The molecule has 2 rings (SSSR count). The average molecular weight is 266 g/mol. The van der Waals surface area contributed by atoms with Crippen LogP contribution in [0.1, 0.15) is 37.6 Å². The second-order valence-electron chi connectivity index (χ2n) is 4.57. The van der Waals surface area contributed by atoms with Crippen LogP contribution >= 0.6 is 11.3 Å². The summed E-state index contributed by atoms with van der Waals surface area (Å²) in [6.45, 7) is 4.16. The van der Waals surface area contributed by atoms with E-state index in [4.69, 9.17) is 0 Å². The molecule has 1 fully saturated rings. The van der Waals surface area contributed by atoms with Gasteiger partial charge in [0.2, 0.25) is 11.8 Å². The zero-order chi connectivity index (χ0) is 13.1. The Hall–Kier alpha value is -1.36. The zero-order valence-corrected chi connectivity index (χ0v) is 11.5. The fourth-order valence-corrected chi connectivity index (χ4v) is 3.02. The molecule has 0 saturated carbocycles. The normalized spacial score (nSPS) is 21.9. The first kappa shape index (κ1) is 13.1. The molecule has 5 heteroatoms. The van der Waals surface area contributed by atoms with E-state index in [0.717, 1.165) is 11.3 Å². The van der Waals surface area contributed by atoms with Crippen molar-refractivity contribution in [1.29, 1.82) is 0 Å². The van der Waals surface area contributed by atoms with E-state index >= 15 is 0 Å². The Morgan fingerprint density at radius 1 is 1.56 bits per heavy atom. The first-order valence-electron chi connectivity index (χ1n) is 6.26. The van der Waals surface area contributed by atoms with Crippen molar-refractivity contribution in [3.63, 3.8) is 0 Å². The van der Waals surface area contributed by atoms with Crippen molar-refractivity contribution in [1.82, 2.24) is 10.2 Å². The smallest absolute Gasteiger partial charge is 0.246 e. The van der Waals surface area contributed by atoms with E-state index in [1.807, 2.05) is 31.4 Å². The highest BCUT2D eigenvalue weighted by molar-refractivity contribution is 7.10. The first-order chi connectivity index (χ1) is 8.63. The maximum Gasteiger partial charge on any atom is 0.246 e. The summed E-state index contributed by atoms with van der Waals surface area (Å²) < 4.78 is 0. The molecule has 98 valence electrons. The number of carbonyl (C=O) groups excluding carboxylic acids is 2. The molecule has 0 aromatic carbocycles. The maximum absolute atomic E-state index is 12.3. The van der Waals surface area contributed by atoms with Gasteiger partial charge >= 0.3 is 0 Å². The summed E-state index contributed by atoms with van der Waals surface area (Å²) in [6, 6.07) is 3.60. The van der Waals surface area contributed by atoms with Gasteiger partial charge in [0.25, 0.3) is 0 Å². The van der Waals surface area contributed by atoms with Crippen LogP contribution in [0.4, 0.5) is 0 Å². The van der Waals surface area contributed by atoms with Gasteiger partial charge in [-0.15, -0.1) is 11.3 Å². The van der Waals surface area contributed by atoms with E-state index in [0.29, 0.717) is 6.42 Å². The minimum Gasteiger partial charge on any atom is -0.343 e. The van der Waals surface area contributed by atoms with Crippen LogP contribution < -0.4 is 5.32 Å². The summed E-state index contributed by atoms with van der Waals surface area (Å²) in [6.07, 6.45) is 1.59. The van der Waals surface area contributed by atoms with E-state index in [-0.39, 0.29) is 30.4 Å². The number of rotatable bonds is 4. The third kappa shape index (κ3) is 2.56. The number of nitrogens with one attached hydrogen (secondary N) is 1. The molecule has 1 aromatic heterocycles. The largest absolute Gasteiger partial charge is 0.343 e. The SMILES string of the molecule is CCCC1NC(=O)CN(C(C)c2cccs2)C1=O. The number of nitrogens with zero attached hydrogens (tertiary/aromatic N) is 1. The van der Waals surface area contributed by atoms with Gasteiger partial charge in [-0.25, -0.2) is 0 Å². The molecule has 1 N–H and O–H groups in total. The van der Waals surface area contributed by atoms with Crippen LogP contribution in [0.3, 0.4) is 0 Å². The van der Waals surface area contributed by atoms with Gasteiger partial charge in [-0.3, -0.25) is 9.59 Å². The second kappa shape index (κ2) is 5.52. The number of amides is 2. The molecule has 2 unspecified atom stereocenters. The lowest BCUT2D eigenvalue weighted by Gasteiger charge is -2.36. The standard InChI is InChI=1S/C13H18N2O2S/c1-3-5-10-13(17)15(8-12(16)14-10)9(2)11-6-4-7-18-11/h4,6-7,9-10H,3,5,8H2,1-2H3,(H,14,16). The maximum atomic E-state index is 12.3. The number of thiophene rings is 1. The fraction of sp³-hybridized carbons (Fsp3) is 0.538. The van der Waals surface area contributed by atoms with Crippen molar-refractivity contribution < 1.29 is 9.59 Å². The van der Waals surface area contributed by atoms with E-state index in [9.17, 15) is 9.59 Å². The van der Waals surface area contributed by atoms with Crippen molar-refractivity contribution in [3.8, 4) is 0 Å². The highest BCUT2D eigenvalue weighted by Crippen LogP contribution is 2.26. The van der Waals surface area contributed by atoms with Gasteiger partial charge < -0.3 is 10.2 Å². The Balaban J connectivity index is 2.15. The molecule has 1 saturated heterocycles. The molecule has 2 amide bonds. The van der Waals surface area contributed by atoms with E-state index in [2.05, 4.69) is 5.32 Å². The number of hydrogen-bond donors (Lipinski definition) is 1. The van der Waals surface area contributed by atoms with E-state index in [1.165, 1.54) is 0 Å². The Kier molecular flexibility index (Phi) is 4.01. The predicted octanol–water partition coefficient (Wildman–Crippen LogP) is 1.94. The molecule has 18 heavy (non-hydrogen) atoms. The second-order valence-corrected chi connectivity index (χ2v) is 5.55. The third-order valence-electron chi connectivity index (χ3n) is 3.23. The van der Waals surface area contributed by atoms with Gasteiger partial charge in [0.1, 0.15) is 12.6 Å². The van der Waals surface area contributed by atoms with Crippen LogP contribution in [0, 0.1) is 0 Å².